The number of benzene rings is 3. The molecule has 0 spiro atoms. The van der Waals surface area contributed by atoms with Crippen LogP contribution in [0.5, 0.6) is 0 Å². The zero-order chi connectivity index (χ0) is 23.2. The molecule has 0 radical (unpaired) electrons. The SMILES string of the molecule is Cn1c(=NC(=O)C2CCN(S(=O)(=O)c3ccc(F)cc3)CC2)sc2c3ccccc3ccc21. The van der Waals surface area contributed by atoms with E-state index in [-0.39, 0.29) is 29.8 Å². The maximum absolute atomic E-state index is 13.2. The molecular weight excluding hydrogens is 461 g/mol. The van der Waals surface area contributed by atoms with E-state index in [0.717, 1.165) is 33.1 Å². The summed E-state index contributed by atoms with van der Waals surface area (Å²) in [6.07, 6.45) is 0.806. The zero-order valence-corrected chi connectivity index (χ0v) is 19.6. The fourth-order valence-corrected chi connectivity index (χ4v) is 6.88. The molecule has 3 aromatic carbocycles. The molecule has 1 aliphatic heterocycles. The number of thiazole rings is 1. The lowest BCUT2D eigenvalue weighted by atomic mass is 9.98. The number of piperidine rings is 1. The van der Waals surface area contributed by atoms with Crippen LogP contribution in [0.4, 0.5) is 4.39 Å². The molecule has 0 bridgehead atoms. The zero-order valence-electron chi connectivity index (χ0n) is 17.9. The monoisotopic (exact) mass is 483 g/mol. The quantitative estimate of drug-likeness (QED) is 0.441. The maximum Gasteiger partial charge on any atom is 0.251 e. The van der Waals surface area contributed by atoms with Crippen LogP contribution in [0.2, 0.25) is 0 Å². The second-order valence-corrected chi connectivity index (χ2v) is 11.1. The number of fused-ring (bicyclic) bond motifs is 3. The maximum atomic E-state index is 13.2. The highest BCUT2D eigenvalue weighted by Crippen LogP contribution is 2.28. The molecule has 6 nitrogen and oxygen atoms in total. The van der Waals surface area contributed by atoms with Crippen LogP contribution < -0.4 is 4.80 Å². The van der Waals surface area contributed by atoms with Gasteiger partial charge < -0.3 is 4.57 Å². The fourth-order valence-electron chi connectivity index (χ4n) is 4.25. The smallest absolute Gasteiger partial charge is 0.251 e. The first-order valence-electron chi connectivity index (χ1n) is 10.7. The Morgan fingerprint density at radius 3 is 2.45 bits per heavy atom. The van der Waals surface area contributed by atoms with E-state index in [1.165, 1.54) is 27.8 Å². The molecule has 0 N–H and O–H groups in total. The van der Waals surface area contributed by atoms with Crippen LogP contribution in [0.3, 0.4) is 0 Å². The molecule has 9 heteroatoms. The number of hydrogen-bond donors (Lipinski definition) is 0. The highest BCUT2D eigenvalue weighted by Gasteiger charge is 2.32. The first-order chi connectivity index (χ1) is 15.8. The summed E-state index contributed by atoms with van der Waals surface area (Å²) < 4.78 is 43.1. The van der Waals surface area contributed by atoms with Gasteiger partial charge in [0.25, 0.3) is 5.91 Å². The van der Waals surface area contributed by atoms with E-state index >= 15 is 0 Å². The van der Waals surface area contributed by atoms with E-state index in [1.54, 1.807) is 0 Å². The van der Waals surface area contributed by atoms with Gasteiger partial charge in [-0.15, -0.1) is 0 Å². The van der Waals surface area contributed by atoms with Crippen LogP contribution in [-0.2, 0) is 21.9 Å². The van der Waals surface area contributed by atoms with E-state index in [2.05, 4.69) is 23.2 Å². The van der Waals surface area contributed by atoms with Crippen LogP contribution >= 0.6 is 11.3 Å². The first kappa shape index (κ1) is 21.9. The Labute approximate surface area is 194 Å². The molecule has 0 unspecified atom stereocenters. The van der Waals surface area contributed by atoms with E-state index in [0.29, 0.717) is 17.6 Å². The Kier molecular flexibility index (Phi) is 5.64. The molecule has 0 atom stereocenters. The van der Waals surface area contributed by atoms with Crippen molar-refractivity contribution in [3.05, 3.63) is 71.3 Å². The predicted molar refractivity (Wildman–Crippen MR) is 127 cm³/mol. The number of carbonyl (C=O) groups excluding carboxylic acids is 1. The summed E-state index contributed by atoms with van der Waals surface area (Å²) in [7, 11) is -1.81. The van der Waals surface area contributed by atoms with Crippen LogP contribution in [-0.4, -0.2) is 36.3 Å². The van der Waals surface area contributed by atoms with Crippen molar-refractivity contribution in [3.63, 3.8) is 0 Å². The molecule has 170 valence electrons. The van der Waals surface area contributed by atoms with Crippen molar-refractivity contribution in [2.24, 2.45) is 18.0 Å². The topological polar surface area (TPSA) is 71.7 Å². The number of sulfonamides is 1. The normalized spacial score (nSPS) is 16.6. The Morgan fingerprint density at radius 2 is 1.73 bits per heavy atom. The number of carbonyl (C=O) groups is 1. The summed E-state index contributed by atoms with van der Waals surface area (Å²) in [5.41, 5.74) is 1.02. The van der Waals surface area contributed by atoms with Crippen molar-refractivity contribution in [3.8, 4) is 0 Å². The molecule has 4 aromatic rings. The van der Waals surface area contributed by atoms with Crippen LogP contribution in [0, 0.1) is 11.7 Å². The molecule has 0 aliphatic carbocycles. The summed E-state index contributed by atoms with van der Waals surface area (Å²) in [4.78, 5) is 18.0. The minimum Gasteiger partial charge on any atom is -0.319 e. The van der Waals surface area contributed by atoms with Crippen molar-refractivity contribution in [2.45, 2.75) is 17.7 Å². The molecule has 1 aromatic heterocycles. The molecule has 5 rings (SSSR count). The number of hydrogen-bond acceptors (Lipinski definition) is 4. The van der Waals surface area contributed by atoms with E-state index in [1.807, 2.05) is 29.8 Å². The average molecular weight is 484 g/mol. The Hall–Kier alpha value is -2.88. The number of aromatic nitrogens is 1. The number of nitrogens with zero attached hydrogens (tertiary/aromatic N) is 3. The third-order valence-corrected chi connectivity index (χ3v) is 9.25. The van der Waals surface area contributed by atoms with Gasteiger partial charge in [0.15, 0.2) is 4.80 Å². The molecule has 1 fully saturated rings. The van der Waals surface area contributed by atoms with Gasteiger partial charge in [0.1, 0.15) is 5.82 Å². The van der Waals surface area contributed by atoms with Crippen molar-refractivity contribution in [1.29, 1.82) is 0 Å². The summed E-state index contributed by atoms with van der Waals surface area (Å²) in [6.45, 7) is 0.462. The lowest BCUT2D eigenvalue weighted by Gasteiger charge is -2.29. The number of amides is 1. The van der Waals surface area contributed by atoms with Crippen LogP contribution in [0.1, 0.15) is 12.8 Å². The van der Waals surface area contributed by atoms with Crippen molar-refractivity contribution in [2.75, 3.05) is 13.1 Å². The number of aryl methyl sites for hydroxylation is 1. The van der Waals surface area contributed by atoms with Crippen molar-refractivity contribution in [1.82, 2.24) is 8.87 Å². The Balaban J connectivity index is 1.36. The van der Waals surface area contributed by atoms with Gasteiger partial charge in [0.2, 0.25) is 10.0 Å². The number of rotatable bonds is 3. The Morgan fingerprint density at radius 1 is 1.03 bits per heavy atom. The van der Waals surface area contributed by atoms with Crippen LogP contribution in [0.15, 0.2) is 70.6 Å². The number of halogens is 1. The Bertz CT molecular complexity index is 1530. The van der Waals surface area contributed by atoms with Crippen molar-refractivity contribution >= 4 is 48.3 Å². The fraction of sp³-hybridized carbons (Fsp3) is 0.250. The van der Waals surface area contributed by atoms with Gasteiger partial charge in [-0.3, -0.25) is 4.79 Å². The second-order valence-electron chi connectivity index (χ2n) is 8.16. The van der Waals surface area contributed by atoms with Crippen LogP contribution in [0.25, 0.3) is 21.0 Å². The van der Waals surface area contributed by atoms with Gasteiger partial charge >= 0.3 is 0 Å². The minimum absolute atomic E-state index is 0.0582. The summed E-state index contributed by atoms with van der Waals surface area (Å²) in [6, 6.07) is 17.0. The largest absolute Gasteiger partial charge is 0.319 e. The van der Waals surface area contributed by atoms with Gasteiger partial charge in [-0.25, -0.2) is 12.8 Å². The standard InChI is InChI=1S/C24H22FN3O3S2/c1-27-21-11-6-16-4-2-3-5-20(16)22(21)32-24(27)26-23(29)17-12-14-28(15-13-17)33(30,31)19-9-7-18(25)8-10-19/h2-11,17H,12-15H2,1H3. The lowest BCUT2D eigenvalue weighted by Crippen LogP contribution is -2.40. The third-order valence-electron chi connectivity index (χ3n) is 6.16. The van der Waals surface area contributed by atoms with Gasteiger partial charge in [0.05, 0.1) is 15.1 Å². The van der Waals surface area contributed by atoms with Gasteiger partial charge in [0, 0.05) is 31.4 Å². The molecule has 1 amide bonds. The molecular formula is C24H22FN3O3S2. The molecule has 2 heterocycles. The van der Waals surface area contributed by atoms with Gasteiger partial charge in [-0.2, -0.15) is 9.30 Å². The minimum atomic E-state index is -3.71. The molecule has 1 aliphatic rings. The lowest BCUT2D eigenvalue weighted by molar-refractivity contribution is -0.122. The van der Waals surface area contributed by atoms with E-state index in [4.69, 9.17) is 0 Å². The van der Waals surface area contributed by atoms with E-state index < -0.39 is 15.8 Å². The first-order valence-corrected chi connectivity index (χ1v) is 12.9. The molecule has 33 heavy (non-hydrogen) atoms. The highest BCUT2D eigenvalue weighted by atomic mass is 32.2. The van der Waals surface area contributed by atoms with Gasteiger partial charge in [-0.1, -0.05) is 41.7 Å². The second kappa shape index (κ2) is 8.48. The van der Waals surface area contributed by atoms with E-state index in [9.17, 15) is 17.6 Å². The summed E-state index contributed by atoms with van der Waals surface area (Å²) in [5, 5.41) is 2.27. The summed E-state index contributed by atoms with van der Waals surface area (Å²) in [5.74, 6) is -1.03. The average Bonchev–Trinajstić information content (AvgIpc) is 3.15. The highest BCUT2D eigenvalue weighted by molar-refractivity contribution is 7.89. The predicted octanol–water partition coefficient (Wildman–Crippen LogP) is 4.06. The van der Waals surface area contributed by atoms with Crippen molar-refractivity contribution < 1.29 is 17.6 Å². The summed E-state index contributed by atoms with van der Waals surface area (Å²) >= 11 is 1.49. The van der Waals surface area contributed by atoms with Gasteiger partial charge in [-0.05, 0) is 48.6 Å². The molecule has 0 saturated carbocycles. The molecule has 1 saturated heterocycles. The third kappa shape index (κ3) is 4.01.